The number of carbonyl (C=O) groups excluding carboxylic acids is 2. The maximum Gasteiger partial charge on any atom is 0.302 e. The van der Waals surface area contributed by atoms with Crippen LogP contribution in [0.2, 0.25) is 0 Å². The fraction of sp³-hybridized carbons (Fsp3) is 0.875. The highest BCUT2D eigenvalue weighted by molar-refractivity contribution is 5.66. The van der Waals surface area contributed by atoms with Crippen LogP contribution in [0.4, 0.5) is 0 Å². The van der Waals surface area contributed by atoms with Gasteiger partial charge in [0, 0.05) is 20.5 Å². The Kier molecular flexibility index (Phi) is 28.4. The third kappa shape index (κ3) is 45.4. The van der Waals surface area contributed by atoms with Crippen LogP contribution in [0, 0.1) is 0 Å². The molecule has 0 aliphatic heterocycles. The first-order chi connectivity index (χ1) is 9.95. The second kappa shape index (κ2) is 24.0. The smallest absolute Gasteiger partial charge is 0.302 e. The van der Waals surface area contributed by atoms with Gasteiger partial charge in [-0.15, -0.1) is 0 Å². The minimum Gasteiger partial charge on any atom is -0.466 e. The highest BCUT2D eigenvalue weighted by Crippen LogP contribution is 1.87. The molecule has 0 saturated heterocycles. The Morgan fingerprint density at radius 2 is 1.10 bits per heavy atom. The van der Waals surface area contributed by atoms with Gasteiger partial charge < -0.3 is 14.6 Å². The molecule has 0 fully saturated rings. The zero-order valence-corrected chi connectivity index (χ0v) is 14.4. The van der Waals surface area contributed by atoms with E-state index in [1.807, 2.05) is 0 Å². The number of aliphatic hydroxyl groups excluding tert-OH is 1. The lowest BCUT2D eigenvalue weighted by atomic mass is 10.4. The predicted molar refractivity (Wildman–Crippen MR) is 85.1 cm³/mol. The summed E-state index contributed by atoms with van der Waals surface area (Å²) < 4.78 is 9.29. The molecule has 0 rings (SSSR count). The number of hydrogen-bond acceptors (Lipinski definition) is 5. The first kappa shape index (κ1) is 24.9. The molecule has 0 bridgehead atoms. The molecule has 128 valence electrons. The third-order valence-corrected chi connectivity index (χ3v) is 2.12. The minimum absolute atomic E-state index is 0.182. The Labute approximate surface area is 130 Å². The van der Waals surface area contributed by atoms with E-state index in [0.717, 1.165) is 38.5 Å². The molecule has 5 nitrogen and oxygen atoms in total. The summed E-state index contributed by atoms with van der Waals surface area (Å²) in [4.78, 5) is 20.2. The van der Waals surface area contributed by atoms with Gasteiger partial charge in [0.15, 0.2) is 0 Å². The lowest BCUT2D eigenvalue weighted by Crippen LogP contribution is -1.99. The third-order valence-electron chi connectivity index (χ3n) is 2.12. The van der Waals surface area contributed by atoms with Crippen molar-refractivity contribution in [3.05, 3.63) is 0 Å². The monoisotopic (exact) mass is 306 g/mol. The van der Waals surface area contributed by atoms with Gasteiger partial charge >= 0.3 is 11.9 Å². The van der Waals surface area contributed by atoms with Crippen LogP contribution in [-0.4, -0.2) is 36.9 Å². The summed E-state index contributed by atoms with van der Waals surface area (Å²) in [6, 6.07) is 0. The maximum atomic E-state index is 10.1. The molecule has 0 atom stereocenters. The van der Waals surface area contributed by atoms with Crippen LogP contribution >= 0.6 is 0 Å². The van der Waals surface area contributed by atoms with Crippen molar-refractivity contribution in [1.82, 2.24) is 0 Å². The molecule has 0 aliphatic carbocycles. The molecule has 0 aromatic carbocycles. The van der Waals surface area contributed by atoms with Gasteiger partial charge in [0.05, 0.1) is 13.2 Å². The van der Waals surface area contributed by atoms with Crippen LogP contribution in [0.15, 0.2) is 0 Å². The van der Waals surface area contributed by atoms with E-state index in [1.165, 1.54) is 13.8 Å². The molecule has 0 radical (unpaired) electrons. The summed E-state index contributed by atoms with van der Waals surface area (Å²) in [5, 5.41) is 8.07. The molecule has 0 spiro atoms. The zero-order chi connectivity index (χ0) is 16.9. The van der Waals surface area contributed by atoms with Crippen molar-refractivity contribution in [1.29, 1.82) is 0 Å². The zero-order valence-electron chi connectivity index (χ0n) is 14.4. The number of carbonyl (C=O) groups is 2. The Balaban J connectivity index is -0.000000239. The molecule has 0 aromatic heterocycles. The van der Waals surface area contributed by atoms with Crippen molar-refractivity contribution >= 4 is 11.9 Å². The highest BCUT2D eigenvalue weighted by Gasteiger charge is 1.88. The number of aliphatic hydroxyl groups is 1. The lowest BCUT2D eigenvalue weighted by molar-refractivity contribution is -0.142. The van der Waals surface area contributed by atoms with Crippen LogP contribution < -0.4 is 0 Å². The van der Waals surface area contributed by atoms with Gasteiger partial charge in [-0.2, -0.15) is 0 Å². The number of esters is 2. The average molecular weight is 306 g/mol. The van der Waals surface area contributed by atoms with Gasteiger partial charge in [-0.3, -0.25) is 9.59 Å². The number of ether oxygens (including phenoxy) is 2. The fourth-order valence-electron chi connectivity index (χ4n) is 0.879. The summed E-state index contributed by atoms with van der Waals surface area (Å²) in [5.74, 6) is -0.364. The molecule has 0 saturated carbocycles. The Bertz CT molecular complexity index is 195. The number of unbranched alkanes of at least 4 members (excludes halogenated alkanes) is 3. The van der Waals surface area contributed by atoms with Crippen molar-refractivity contribution in [2.45, 2.75) is 73.1 Å². The average Bonchev–Trinajstić information content (AvgIpc) is 2.41. The first-order valence-electron chi connectivity index (χ1n) is 7.83. The van der Waals surface area contributed by atoms with E-state index in [4.69, 9.17) is 5.11 Å². The van der Waals surface area contributed by atoms with Crippen LogP contribution in [0.5, 0.6) is 0 Å². The SMILES string of the molecule is CCCCO.CCCCOC(C)=O.CCCCOC(C)=O. The Morgan fingerprint density at radius 1 is 0.762 bits per heavy atom. The van der Waals surface area contributed by atoms with E-state index in [0.29, 0.717) is 19.8 Å². The molecule has 21 heavy (non-hydrogen) atoms. The van der Waals surface area contributed by atoms with Crippen LogP contribution in [0.3, 0.4) is 0 Å². The molecule has 1 N–H and O–H groups in total. The van der Waals surface area contributed by atoms with Gasteiger partial charge in [0.2, 0.25) is 0 Å². The van der Waals surface area contributed by atoms with E-state index in [-0.39, 0.29) is 11.9 Å². The van der Waals surface area contributed by atoms with Gasteiger partial charge in [0.25, 0.3) is 0 Å². The molecule has 0 amide bonds. The normalized spacial score (nSPS) is 8.67. The summed E-state index contributed by atoms with van der Waals surface area (Å²) in [7, 11) is 0. The van der Waals surface area contributed by atoms with E-state index in [9.17, 15) is 9.59 Å². The summed E-state index contributed by atoms with van der Waals surface area (Å²) in [6.07, 6.45) is 6.14. The first-order valence-corrected chi connectivity index (χ1v) is 7.83. The van der Waals surface area contributed by atoms with E-state index < -0.39 is 0 Å². The van der Waals surface area contributed by atoms with Crippen LogP contribution in [0.1, 0.15) is 73.1 Å². The fourth-order valence-corrected chi connectivity index (χ4v) is 0.879. The molecular formula is C16H34O5. The Hall–Kier alpha value is -1.10. The van der Waals surface area contributed by atoms with Crippen molar-refractivity contribution in [3.8, 4) is 0 Å². The van der Waals surface area contributed by atoms with Crippen molar-refractivity contribution in [2.24, 2.45) is 0 Å². The summed E-state index contributed by atoms with van der Waals surface area (Å²) in [6.45, 7) is 10.5. The predicted octanol–water partition coefficient (Wildman–Crippen LogP) is 3.48. The minimum atomic E-state index is -0.182. The summed E-state index contributed by atoms with van der Waals surface area (Å²) in [5.41, 5.74) is 0. The number of rotatable bonds is 8. The van der Waals surface area contributed by atoms with Crippen molar-refractivity contribution in [3.63, 3.8) is 0 Å². The maximum absolute atomic E-state index is 10.1. The van der Waals surface area contributed by atoms with E-state index in [2.05, 4.69) is 30.2 Å². The molecule has 0 aromatic rings. The molecule has 0 aliphatic rings. The van der Waals surface area contributed by atoms with Crippen LogP contribution in [0.25, 0.3) is 0 Å². The van der Waals surface area contributed by atoms with Crippen molar-refractivity contribution < 1.29 is 24.2 Å². The summed E-state index contributed by atoms with van der Waals surface area (Å²) >= 11 is 0. The van der Waals surface area contributed by atoms with Crippen molar-refractivity contribution in [2.75, 3.05) is 19.8 Å². The second-order valence-electron chi connectivity index (χ2n) is 4.46. The molecule has 0 heterocycles. The Morgan fingerprint density at radius 3 is 1.24 bits per heavy atom. The highest BCUT2D eigenvalue weighted by atomic mass is 16.5. The lowest BCUT2D eigenvalue weighted by Gasteiger charge is -1.96. The standard InChI is InChI=1S/2C6H12O2.C4H10O/c2*1-3-4-5-8-6(2)7;1-2-3-4-5/h2*3-5H2,1-2H3;5H,2-4H2,1H3. The topological polar surface area (TPSA) is 72.8 Å². The van der Waals surface area contributed by atoms with Gasteiger partial charge in [-0.25, -0.2) is 0 Å². The van der Waals surface area contributed by atoms with Gasteiger partial charge in [0.1, 0.15) is 0 Å². The molecule has 5 heteroatoms. The largest absolute Gasteiger partial charge is 0.466 e. The van der Waals surface area contributed by atoms with Crippen LogP contribution in [-0.2, 0) is 19.1 Å². The van der Waals surface area contributed by atoms with E-state index >= 15 is 0 Å². The van der Waals surface area contributed by atoms with Gasteiger partial charge in [-0.1, -0.05) is 40.0 Å². The van der Waals surface area contributed by atoms with E-state index in [1.54, 1.807) is 0 Å². The second-order valence-corrected chi connectivity index (χ2v) is 4.46. The molecular weight excluding hydrogens is 272 g/mol. The molecule has 0 unspecified atom stereocenters. The van der Waals surface area contributed by atoms with Gasteiger partial charge in [-0.05, 0) is 19.3 Å². The quantitative estimate of drug-likeness (QED) is 0.549. The number of hydrogen-bond donors (Lipinski definition) is 1.